The molecule has 3 nitrogen and oxygen atoms in total. The van der Waals surface area contributed by atoms with Gasteiger partial charge in [-0.3, -0.25) is 0 Å². The zero-order valence-corrected chi connectivity index (χ0v) is 9.02. The van der Waals surface area contributed by atoms with Gasteiger partial charge in [0.25, 0.3) is 0 Å². The lowest BCUT2D eigenvalue weighted by Gasteiger charge is -1.98. The number of quaternary nitrogens is 1. The maximum absolute atomic E-state index is 4.84. The molecule has 0 saturated carbocycles. The zero-order chi connectivity index (χ0) is 8.27. The first kappa shape index (κ1) is 9.12. The molecule has 0 aliphatic rings. The van der Waals surface area contributed by atoms with Crippen LogP contribution in [0.1, 0.15) is 0 Å². The van der Waals surface area contributed by atoms with Crippen molar-refractivity contribution in [1.29, 1.82) is 0 Å². The van der Waals surface area contributed by atoms with Gasteiger partial charge >= 0.3 is 0 Å². The monoisotopic (exact) mass is 281 g/mol. The van der Waals surface area contributed by atoms with Gasteiger partial charge in [-0.15, -0.1) is 0 Å². The van der Waals surface area contributed by atoms with Crippen LogP contribution in [0.5, 0.6) is 0 Å². The molecule has 0 atom stereocenters. The highest BCUT2D eigenvalue weighted by atomic mass is 79.9. The van der Waals surface area contributed by atoms with Gasteiger partial charge in [0.2, 0.25) is 0 Å². The second-order valence-corrected chi connectivity index (χ2v) is 3.55. The highest BCUT2D eigenvalue weighted by Crippen LogP contribution is 2.19. The van der Waals surface area contributed by atoms with Crippen LogP contribution < -0.4 is 5.48 Å². The Labute approximate surface area is 81.4 Å². The fourth-order valence-electron chi connectivity index (χ4n) is 0.632. The van der Waals surface area contributed by atoms with Gasteiger partial charge in [0.05, 0.1) is 17.8 Å². The van der Waals surface area contributed by atoms with Gasteiger partial charge in [0.1, 0.15) is 4.60 Å². The fraction of sp³-hybridized carbons (Fsp3) is 0.167. The first-order valence-corrected chi connectivity index (χ1v) is 4.49. The number of pyridine rings is 1. The Kier molecular flexibility index (Phi) is 3.45. The van der Waals surface area contributed by atoms with Crippen LogP contribution >= 0.6 is 31.9 Å². The number of rotatable bonds is 2. The van der Waals surface area contributed by atoms with Crippen LogP contribution in [-0.4, -0.2) is 12.1 Å². The topological polar surface area (TPSA) is 38.7 Å². The van der Waals surface area contributed by atoms with Crippen molar-refractivity contribution < 1.29 is 10.3 Å². The Hall–Kier alpha value is 0.0300. The molecule has 0 radical (unpaired) electrons. The minimum Gasteiger partial charge on any atom is -0.243 e. The molecule has 1 aromatic heterocycles. The third-order valence-corrected chi connectivity index (χ3v) is 2.21. The molecule has 0 amide bonds. The van der Waals surface area contributed by atoms with Gasteiger partial charge in [0.15, 0.2) is 5.69 Å². The number of nitrogens with two attached hydrogens (primary N) is 1. The minimum absolute atomic E-state index is 0.803. The lowest BCUT2D eigenvalue weighted by atomic mass is 10.4. The Balaban J connectivity index is 2.90. The summed E-state index contributed by atoms with van der Waals surface area (Å²) in [5, 5.41) is 0. The average Bonchev–Trinajstić information content (AvgIpc) is 1.95. The summed E-state index contributed by atoms with van der Waals surface area (Å²) in [7, 11) is 1.61. The van der Waals surface area contributed by atoms with Crippen molar-refractivity contribution in [3.05, 3.63) is 21.3 Å². The van der Waals surface area contributed by atoms with Crippen molar-refractivity contribution in [1.82, 2.24) is 4.98 Å². The Morgan fingerprint density at radius 2 is 2.27 bits per heavy atom. The van der Waals surface area contributed by atoms with Gasteiger partial charge in [0, 0.05) is 0 Å². The molecule has 0 unspecified atom stereocenters. The van der Waals surface area contributed by atoms with E-state index in [2.05, 4.69) is 36.8 Å². The van der Waals surface area contributed by atoms with Gasteiger partial charge in [-0.05, 0) is 37.9 Å². The van der Waals surface area contributed by atoms with E-state index in [4.69, 9.17) is 4.84 Å². The summed E-state index contributed by atoms with van der Waals surface area (Å²) in [5.41, 5.74) is 2.56. The standard InChI is InChI=1S/C6H6Br2N2O/c1-11-10-5-3-9-6(8)2-4(5)7/h2-3,10H,1H3/p+1. The van der Waals surface area contributed by atoms with Crippen molar-refractivity contribution in [2.24, 2.45) is 0 Å². The van der Waals surface area contributed by atoms with E-state index in [9.17, 15) is 0 Å². The van der Waals surface area contributed by atoms with E-state index >= 15 is 0 Å². The van der Waals surface area contributed by atoms with Crippen LogP contribution in [0.25, 0.3) is 0 Å². The van der Waals surface area contributed by atoms with Gasteiger partial charge in [-0.25, -0.2) is 9.82 Å². The molecule has 60 valence electrons. The molecule has 0 aromatic carbocycles. The second-order valence-electron chi connectivity index (χ2n) is 1.88. The van der Waals surface area contributed by atoms with E-state index in [1.165, 1.54) is 0 Å². The molecule has 0 aliphatic carbocycles. The summed E-state index contributed by atoms with van der Waals surface area (Å²) in [5.74, 6) is 0. The zero-order valence-electron chi connectivity index (χ0n) is 5.84. The van der Waals surface area contributed by atoms with Crippen molar-refractivity contribution in [3.8, 4) is 0 Å². The smallest absolute Gasteiger partial charge is 0.194 e. The van der Waals surface area contributed by atoms with Crippen LogP contribution in [0.4, 0.5) is 5.69 Å². The van der Waals surface area contributed by atoms with Crippen molar-refractivity contribution in [2.45, 2.75) is 0 Å². The highest BCUT2D eigenvalue weighted by molar-refractivity contribution is 9.11. The fourth-order valence-corrected chi connectivity index (χ4v) is 1.68. The van der Waals surface area contributed by atoms with Crippen LogP contribution in [0, 0.1) is 0 Å². The molecule has 0 saturated heterocycles. The van der Waals surface area contributed by atoms with Crippen molar-refractivity contribution in [3.63, 3.8) is 0 Å². The van der Waals surface area contributed by atoms with E-state index in [-0.39, 0.29) is 0 Å². The lowest BCUT2D eigenvalue weighted by Crippen LogP contribution is -2.76. The van der Waals surface area contributed by atoms with Crippen LogP contribution in [0.3, 0.4) is 0 Å². The summed E-state index contributed by atoms with van der Waals surface area (Å²) >= 11 is 6.62. The number of halogens is 2. The van der Waals surface area contributed by atoms with Gasteiger partial charge in [-0.1, -0.05) is 0 Å². The maximum atomic E-state index is 4.84. The molecule has 0 bridgehead atoms. The van der Waals surface area contributed by atoms with Crippen LogP contribution in [-0.2, 0) is 4.84 Å². The summed E-state index contributed by atoms with van der Waals surface area (Å²) in [4.78, 5) is 8.87. The molecule has 0 aliphatic heterocycles. The largest absolute Gasteiger partial charge is 0.243 e. The predicted molar refractivity (Wildman–Crippen MR) is 48.2 cm³/mol. The third-order valence-electron chi connectivity index (χ3n) is 1.09. The molecule has 2 N–H and O–H groups in total. The first-order valence-electron chi connectivity index (χ1n) is 2.91. The number of hydrogen-bond donors (Lipinski definition) is 1. The van der Waals surface area contributed by atoms with E-state index in [1.54, 1.807) is 18.8 Å². The van der Waals surface area contributed by atoms with Gasteiger partial charge < -0.3 is 0 Å². The van der Waals surface area contributed by atoms with Crippen LogP contribution in [0.15, 0.2) is 21.3 Å². The second kappa shape index (κ2) is 4.15. The number of nitrogens with zero attached hydrogens (tertiary/aromatic N) is 1. The maximum Gasteiger partial charge on any atom is 0.194 e. The molecule has 0 spiro atoms. The van der Waals surface area contributed by atoms with E-state index in [0.717, 1.165) is 14.8 Å². The van der Waals surface area contributed by atoms with Gasteiger partial charge in [-0.2, -0.15) is 5.48 Å². The van der Waals surface area contributed by atoms with E-state index < -0.39 is 0 Å². The van der Waals surface area contributed by atoms with E-state index in [1.807, 2.05) is 6.07 Å². The summed E-state index contributed by atoms with van der Waals surface area (Å²) < 4.78 is 1.76. The van der Waals surface area contributed by atoms with E-state index in [0.29, 0.717) is 0 Å². The Bertz CT molecular complexity index is 254. The highest BCUT2D eigenvalue weighted by Gasteiger charge is 2.03. The molecule has 1 aromatic rings. The SMILES string of the molecule is CO[NH2+]c1cnc(Br)cc1Br. The number of aromatic nitrogens is 1. The van der Waals surface area contributed by atoms with Crippen LogP contribution in [0.2, 0.25) is 0 Å². The molecule has 5 heteroatoms. The average molecular weight is 283 g/mol. The molecule has 1 rings (SSSR count). The Morgan fingerprint density at radius 3 is 2.82 bits per heavy atom. The quantitative estimate of drug-likeness (QED) is 0.657. The number of hydrogen-bond acceptors (Lipinski definition) is 2. The third kappa shape index (κ3) is 2.52. The lowest BCUT2D eigenvalue weighted by molar-refractivity contribution is -0.830. The normalized spacial score (nSPS) is 10.1. The minimum atomic E-state index is 0.803. The van der Waals surface area contributed by atoms with Crippen molar-refractivity contribution in [2.75, 3.05) is 7.11 Å². The predicted octanol–water partition coefficient (Wildman–Crippen LogP) is 1.36. The molecule has 0 fully saturated rings. The first-order chi connectivity index (χ1) is 5.24. The summed E-state index contributed by atoms with van der Waals surface area (Å²) in [6.07, 6.45) is 1.72. The molecular formula is C6H7Br2N2O+. The molecule has 11 heavy (non-hydrogen) atoms. The van der Waals surface area contributed by atoms with Crippen molar-refractivity contribution >= 4 is 37.5 Å². The summed E-state index contributed by atoms with van der Waals surface area (Å²) in [6, 6.07) is 1.87. The summed E-state index contributed by atoms with van der Waals surface area (Å²) in [6.45, 7) is 0. The molecular weight excluding hydrogens is 276 g/mol. The molecule has 1 heterocycles. The Morgan fingerprint density at radius 1 is 1.55 bits per heavy atom.